The number of carbonyl (C=O) groups excluding carboxylic acids is 1. The van der Waals surface area contributed by atoms with E-state index >= 15 is 0 Å². The molecule has 0 aromatic carbocycles. The Balaban J connectivity index is 2.81. The van der Waals surface area contributed by atoms with E-state index in [1.807, 2.05) is 19.9 Å². The van der Waals surface area contributed by atoms with E-state index in [1.165, 1.54) is 10.9 Å². The van der Waals surface area contributed by atoms with Crippen LogP contribution in [0.3, 0.4) is 0 Å². The maximum atomic E-state index is 11.4. The van der Waals surface area contributed by atoms with E-state index in [2.05, 4.69) is 5.10 Å². The van der Waals surface area contributed by atoms with Crippen molar-refractivity contribution in [2.45, 2.75) is 20.4 Å². The second kappa shape index (κ2) is 3.85. The molecule has 68 valence electrons. The van der Waals surface area contributed by atoms with Gasteiger partial charge >= 0.3 is 0 Å². The summed E-state index contributed by atoms with van der Waals surface area (Å²) in [5.41, 5.74) is 0.574. The lowest BCUT2D eigenvalue weighted by Gasteiger charge is -1.98. The molecule has 1 heterocycles. The Morgan fingerprint density at radius 2 is 2.46 bits per heavy atom. The van der Waals surface area contributed by atoms with Gasteiger partial charge in [-0.1, -0.05) is 13.8 Å². The maximum absolute atomic E-state index is 11.4. The predicted molar refractivity (Wildman–Crippen MR) is 47.0 cm³/mol. The minimum absolute atomic E-state index is 0.0280. The lowest BCUT2D eigenvalue weighted by atomic mass is 10.1. The third-order valence-corrected chi connectivity index (χ3v) is 1.67. The number of aromatic nitrogens is 2. The first-order valence-electron chi connectivity index (χ1n) is 4.08. The molecule has 0 fully saturated rings. The number of rotatable bonds is 3. The standard InChI is InChI=1S/C9H11N3O/c1-7(2)9(13)8-5-11-12(6-8)4-3-10/h5-7H,4H2,1-2H3. The lowest BCUT2D eigenvalue weighted by molar-refractivity contribution is 0.0939. The van der Waals surface area contributed by atoms with Crippen molar-refractivity contribution in [3.8, 4) is 6.07 Å². The quantitative estimate of drug-likeness (QED) is 0.653. The topological polar surface area (TPSA) is 58.7 Å². The number of Topliss-reactive ketones (excluding diaryl/α,β-unsaturated/α-hetero) is 1. The van der Waals surface area contributed by atoms with Crippen LogP contribution in [0.15, 0.2) is 12.4 Å². The van der Waals surface area contributed by atoms with Crippen LogP contribution < -0.4 is 0 Å². The van der Waals surface area contributed by atoms with Gasteiger partial charge in [-0.2, -0.15) is 10.4 Å². The highest BCUT2D eigenvalue weighted by molar-refractivity contribution is 5.96. The predicted octanol–water partition coefficient (Wildman–Crippen LogP) is 1.25. The fraction of sp³-hybridized carbons (Fsp3) is 0.444. The van der Waals surface area contributed by atoms with E-state index in [0.29, 0.717) is 5.56 Å². The zero-order valence-electron chi connectivity index (χ0n) is 7.69. The highest BCUT2D eigenvalue weighted by Gasteiger charge is 2.11. The zero-order valence-corrected chi connectivity index (χ0v) is 7.69. The van der Waals surface area contributed by atoms with Gasteiger partial charge in [0.2, 0.25) is 0 Å². The molecule has 1 aromatic heterocycles. The molecule has 0 atom stereocenters. The second-order valence-electron chi connectivity index (χ2n) is 3.10. The van der Waals surface area contributed by atoms with Gasteiger partial charge in [0.1, 0.15) is 6.54 Å². The average Bonchev–Trinajstić information content (AvgIpc) is 2.52. The van der Waals surface area contributed by atoms with Gasteiger partial charge in [-0.3, -0.25) is 9.48 Å². The van der Waals surface area contributed by atoms with Crippen molar-refractivity contribution < 1.29 is 4.79 Å². The van der Waals surface area contributed by atoms with Crippen LogP contribution in [-0.2, 0) is 6.54 Å². The van der Waals surface area contributed by atoms with Gasteiger partial charge in [-0.15, -0.1) is 0 Å². The molecule has 1 rings (SSSR count). The summed E-state index contributed by atoms with van der Waals surface area (Å²) in [7, 11) is 0. The SMILES string of the molecule is CC(C)C(=O)c1cnn(CC#N)c1. The normalized spacial score (nSPS) is 10.0. The number of nitrogens with zero attached hydrogens (tertiary/aromatic N) is 3. The Bertz CT molecular complexity index is 346. The van der Waals surface area contributed by atoms with Gasteiger partial charge in [-0.25, -0.2) is 0 Å². The number of nitriles is 1. The summed E-state index contributed by atoms with van der Waals surface area (Å²) >= 11 is 0. The van der Waals surface area contributed by atoms with Gasteiger partial charge in [0.25, 0.3) is 0 Å². The van der Waals surface area contributed by atoms with Crippen molar-refractivity contribution in [2.24, 2.45) is 5.92 Å². The van der Waals surface area contributed by atoms with E-state index < -0.39 is 0 Å². The van der Waals surface area contributed by atoms with E-state index in [9.17, 15) is 4.79 Å². The zero-order chi connectivity index (χ0) is 9.84. The highest BCUT2D eigenvalue weighted by atomic mass is 16.1. The Kier molecular flexibility index (Phi) is 2.80. The minimum atomic E-state index is -0.0280. The summed E-state index contributed by atoms with van der Waals surface area (Å²) in [5, 5.41) is 12.3. The first kappa shape index (κ1) is 9.46. The Hall–Kier alpha value is -1.63. The number of hydrogen-bond donors (Lipinski definition) is 0. The summed E-state index contributed by atoms with van der Waals surface area (Å²) in [6.45, 7) is 3.86. The Morgan fingerprint density at radius 3 is 3.00 bits per heavy atom. The molecule has 0 aliphatic rings. The molecule has 0 bridgehead atoms. The summed E-state index contributed by atoms with van der Waals surface area (Å²) < 4.78 is 1.45. The van der Waals surface area contributed by atoms with E-state index in [4.69, 9.17) is 5.26 Å². The molecule has 0 saturated carbocycles. The van der Waals surface area contributed by atoms with Crippen LogP contribution in [0.25, 0.3) is 0 Å². The molecule has 0 aliphatic carbocycles. The van der Waals surface area contributed by atoms with Crippen LogP contribution in [0.1, 0.15) is 24.2 Å². The molecule has 13 heavy (non-hydrogen) atoms. The number of carbonyl (C=O) groups is 1. The van der Waals surface area contributed by atoms with Crippen LogP contribution in [0.5, 0.6) is 0 Å². The third-order valence-electron chi connectivity index (χ3n) is 1.67. The van der Waals surface area contributed by atoms with Crippen molar-refractivity contribution in [2.75, 3.05) is 0 Å². The van der Waals surface area contributed by atoms with Crippen LogP contribution in [-0.4, -0.2) is 15.6 Å². The smallest absolute Gasteiger partial charge is 0.168 e. The fourth-order valence-electron chi connectivity index (χ4n) is 0.983. The van der Waals surface area contributed by atoms with Gasteiger partial charge in [0.15, 0.2) is 5.78 Å². The number of ketones is 1. The van der Waals surface area contributed by atoms with Crippen molar-refractivity contribution in [3.63, 3.8) is 0 Å². The van der Waals surface area contributed by atoms with Gasteiger partial charge in [0, 0.05) is 12.1 Å². The van der Waals surface area contributed by atoms with E-state index in [1.54, 1.807) is 6.20 Å². The number of hydrogen-bond acceptors (Lipinski definition) is 3. The Labute approximate surface area is 76.8 Å². The maximum Gasteiger partial charge on any atom is 0.168 e. The van der Waals surface area contributed by atoms with Gasteiger partial charge in [0.05, 0.1) is 17.8 Å². The molecule has 0 radical (unpaired) electrons. The summed E-state index contributed by atoms with van der Waals surface area (Å²) in [6.07, 6.45) is 3.10. The van der Waals surface area contributed by atoms with Gasteiger partial charge < -0.3 is 0 Å². The molecule has 0 amide bonds. The molecule has 4 nitrogen and oxygen atoms in total. The monoisotopic (exact) mass is 177 g/mol. The van der Waals surface area contributed by atoms with Crippen molar-refractivity contribution in [1.29, 1.82) is 5.26 Å². The fourth-order valence-corrected chi connectivity index (χ4v) is 0.983. The van der Waals surface area contributed by atoms with Crippen LogP contribution >= 0.6 is 0 Å². The third kappa shape index (κ3) is 2.15. The van der Waals surface area contributed by atoms with Crippen molar-refractivity contribution >= 4 is 5.78 Å². The van der Waals surface area contributed by atoms with E-state index in [0.717, 1.165) is 0 Å². The molecular weight excluding hydrogens is 166 g/mol. The highest BCUT2D eigenvalue weighted by Crippen LogP contribution is 2.06. The average molecular weight is 177 g/mol. The van der Waals surface area contributed by atoms with Crippen LogP contribution in [0, 0.1) is 17.2 Å². The summed E-state index contributed by atoms with van der Waals surface area (Å²) in [5.74, 6) is 0.0314. The Morgan fingerprint density at radius 1 is 1.77 bits per heavy atom. The molecule has 0 spiro atoms. The molecular formula is C9H11N3O. The first-order chi connectivity index (χ1) is 6.15. The molecule has 0 N–H and O–H groups in total. The van der Waals surface area contributed by atoms with Crippen molar-refractivity contribution in [1.82, 2.24) is 9.78 Å². The minimum Gasteiger partial charge on any atom is -0.294 e. The van der Waals surface area contributed by atoms with Crippen LogP contribution in [0.4, 0.5) is 0 Å². The lowest BCUT2D eigenvalue weighted by Crippen LogP contribution is -2.06. The second-order valence-corrected chi connectivity index (χ2v) is 3.10. The first-order valence-corrected chi connectivity index (χ1v) is 4.08. The van der Waals surface area contributed by atoms with E-state index in [-0.39, 0.29) is 18.2 Å². The summed E-state index contributed by atoms with van der Waals surface area (Å²) in [6, 6.07) is 1.95. The molecule has 1 aromatic rings. The van der Waals surface area contributed by atoms with Crippen molar-refractivity contribution in [3.05, 3.63) is 18.0 Å². The van der Waals surface area contributed by atoms with Crippen LogP contribution in [0.2, 0.25) is 0 Å². The molecule has 0 saturated heterocycles. The largest absolute Gasteiger partial charge is 0.294 e. The molecule has 0 aliphatic heterocycles. The van der Waals surface area contributed by atoms with Gasteiger partial charge in [-0.05, 0) is 0 Å². The molecule has 4 heteroatoms. The summed E-state index contributed by atoms with van der Waals surface area (Å²) in [4.78, 5) is 11.4. The molecule has 0 unspecified atom stereocenters.